The Morgan fingerprint density at radius 3 is 2.80 bits per heavy atom. The number of methoxy groups -OCH3 is 1. The molecule has 1 fully saturated rings. The van der Waals surface area contributed by atoms with E-state index >= 15 is 0 Å². The molecule has 0 radical (unpaired) electrons. The monoisotopic (exact) mass is 278 g/mol. The van der Waals surface area contributed by atoms with Crippen LogP contribution in [0, 0.1) is 0 Å². The minimum absolute atomic E-state index is 0.355. The highest BCUT2D eigenvalue weighted by Crippen LogP contribution is 2.23. The lowest BCUT2D eigenvalue weighted by molar-refractivity contribution is 0.206. The van der Waals surface area contributed by atoms with E-state index in [0.717, 1.165) is 30.3 Å². The van der Waals surface area contributed by atoms with E-state index in [-0.39, 0.29) is 0 Å². The Morgan fingerprint density at radius 1 is 1.45 bits per heavy atom. The summed E-state index contributed by atoms with van der Waals surface area (Å²) in [5, 5.41) is 3.54. The molecule has 0 bridgehead atoms. The molecule has 0 spiro atoms. The molecule has 1 N–H and O–H groups in total. The van der Waals surface area contributed by atoms with Gasteiger partial charge in [0, 0.05) is 39.2 Å². The standard InChI is InChI=1S/C15H26N4O/c1-11(2)15-17-10-14(19(3)7-8-20-4)13(18-15)9-16-12-5-6-12/h10-12,16H,5-9H2,1-4H3. The SMILES string of the molecule is COCCN(C)c1cnc(C(C)C)nc1CNC1CC1. The number of rotatable bonds is 8. The molecule has 0 saturated heterocycles. The molecule has 1 aliphatic carbocycles. The van der Waals surface area contributed by atoms with E-state index in [1.165, 1.54) is 12.8 Å². The number of likely N-dealkylation sites (N-methyl/N-ethyl adjacent to an activating group) is 1. The number of ether oxygens (including phenoxy) is 1. The fourth-order valence-corrected chi connectivity index (χ4v) is 2.03. The first-order valence-corrected chi connectivity index (χ1v) is 7.41. The van der Waals surface area contributed by atoms with E-state index < -0.39 is 0 Å². The summed E-state index contributed by atoms with van der Waals surface area (Å²) in [6.07, 6.45) is 4.52. The maximum absolute atomic E-state index is 5.15. The van der Waals surface area contributed by atoms with E-state index in [2.05, 4.69) is 36.1 Å². The van der Waals surface area contributed by atoms with Gasteiger partial charge < -0.3 is 15.0 Å². The van der Waals surface area contributed by atoms with Crippen LogP contribution in [0.2, 0.25) is 0 Å². The fraction of sp³-hybridized carbons (Fsp3) is 0.733. The summed E-state index contributed by atoms with van der Waals surface area (Å²) < 4.78 is 5.15. The van der Waals surface area contributed by atoms with E-state index in [1.807, 2.05) is 6.20 Å². The van der Waals surface area contributed by atoms with Gasteiger partial charge in [-0.05, 0) is 12.8 Å². The second kappa shape index (κ2) is 6.99. The normalized spacial score (nSPS) is 14.8. The van der Waals surface area contributed by atoms with Crippen LogP contribution in [0.1, 0.15) is 44.1 Å². The third-order valence-electron chi connectivity index (χ3n) is 3.56. The van der Waals surface area contributed by atoms with Crippen LogP contribution in [0.3, 0.4) is 0 Å². The molecular weight excluding hydrogens is 252 g/mol. The molecule has 1 heterocycles. The number of hydrogen-bond donors (Lipinski definition) is 1. The summed E-state index contributed by atoms with van der Waals surface area (Å²) in [5.41, 5.74) is 2.19. The Kier molecular flexibility index (Phi) is 5.31. The predicted molar refractivity (Wildman–Crippen MR) is 81.1 cm³/mol. The molecule has 1 aromatic rings. The minimum atomic E-state index is 0.355. The van der Waals surface area contributed by atoms with Crippen LogP contribution in [0.25, 0.3) is 0 Å². The van der Waals surface area contributed by atoms with Crippen molar-refractivity contribution in [2.75, 3.05) is 32.2 Å². The summed E-state index contributed by atoms with van der Waals surface area (Å²) in [7, 11) is 3.79. The molecule has 5 nitrogen and oxygen atoms in total. The summed E-state index contributed by atoms with van der Waals surface area (Å²) in [4.78, 5) is 11.4. The van der Waals surface area contributed by atoms with E-state index in [0.29, 0.717) is 18.6 Å². The molecule has 0 aliphatic heterocycles. The molecule has 112 valence electrons. The highest BCUT2D eigenvalue weighted by molar-refractivity contribution is 5.48. The lowest BCUT2D eigenvalue weighted by Crippen LogP contribution is -2.26. The third-order valence-corrected chi connectivity index (χ3v) is 3.56. The van der Waals surface area contributed by atoms with Gasteiger partial charge >= 0.3 is 0 Å². The largest absolute Gasteiger partial charge is 0.383 e. The smallest absolute Gasteiger partial charge is 0.131 e. The molecule has 0 amide bonds. The van der Waals surface area contributed by atoms with Gasteiger partial charge in [0.05, 0.1) is 24.2 Å². The second-order valence-corrected chi connectivity index (χ2v) is 5.78. The van der Waals surface area contributed by atoms with Gasteiger partial charge in [-0.25, -0.2) is 9.97 Å². The minimum Gasteiger partial charge on any atom is -0.383 e. The average molecular weight is 278 g/mol. The number of anilines is 1. The predicted octanol–water partition coefficient (Wildman–Crippen LogP) is 1.93. The molecule has 0 atom stereocenters. The van der Waals surface area contributed by atoms with Crippen molar-refractivity contribution < 1.29 is 4.74 Å². The molecular formula is C15H26N4O. The molecule has 0 aromatic carbocycles. The van der Waals surface area contributed by atoms with Crippen molar-refractivity contribution in [1.82, 2.24) is 15.3 Å². The Bertz CT molecular complexity index is 432. The maximum Gasteiger partial charge on any atom is 0.131 e. The third kappa shape index (κ3) is 4.15. The second-order valence-electron chi connectivity index (χ2n) is 5.78. The lowest BCUT2D eigenvalue weighted by atomic mass is 10.2. The van der Waals surface area contributed by atoms with Crippen LogP contribution in [-0.2, 0) is 11.3 Å². The molecule has 0 unspecified atom stereocenters. The first-order valence-electron chi connectivity index (χ1n) is 7.41. The van der Waals surface area contributed by atoms with Crippen LogP contribution >= 0.6 is 0 Å². The van der Waals surface area contributed by atoms with Crippen LogP contribution in [0.4, 0.5) is 5.69 Å². The zero-order valence-electron chi connectivity index (χ0n) is 13.0. The van der Waals surface area contributed by atoms with Crippen molar-refractivity contribution in [3.63, 3.8) is 0 Å². The Labute approximate surface area is 121 Å². The highest BCUT2D eigenvalue weighted by atomic mass is 16.5. The molecule has 1 aromatic heterocycles. The van der Waals surface area contributed by atoms with Crippen molar-refractivity contribution >= 4 is 5.69 Å². The zero-order valence-corrected chi connectivity index (χ0v) is 13.0. The van der Waals surface area contributed by atoms with Gasteiger partial charge in [-0.1, -0.05) is 13.8 Å². The summed E-state index contributed by atoms with van der Waals surface area (Å²) >= 11 is 0. The fourth-order valence-electron chi connectivity index (χ4n) is 2.03. The average Bonchev–Trinajstić information content (AvgIpc) is 3.26. The van der Waals surface area contributed by atoms with E-state index in [9.17, 15) is 0 Å². The van der Waals surface area contributed by atoms with Gasteiger partial charge in [-0.15, -0.1) is 0 Å². The van der Waals surface area contributed by atoms with Crippen molar-refractivity contribution in [3.8, 4) is 0 Å². The number of nitrogens with one attached hydrogen (secondary N) is 1. The molecule has 1 aliphatic rings. The van der Waals surface area contributed by atoms with Gasteiger partial charge in [0.2, 0.25) is 0 Å². The van der Waals surface area contributed by atoms with Crippen molar-refractivity contribution in [2.45, 2.75) is 45.2 Å². The van der Waals surface area contributed by atoms with Crippen molar-refractivity contribution in [3.05, 3.63) is 17.7 Å². The van der Waals surface area contributed by atoms with Crippen LogP contribution < -0.4 is 10.2 Å². The van der Waals surface area contributed by atoms with Crippen molar-refractivity contribution in [2.24, 2.45) is 0 Å². The van der Waals surface area contributed by atoms with Gasteiger partial charge in [0.15, 0.2) is 0 Å². The van der Waals surface area contributed by atoms with Crippen molar-refractivity contribution in [1.29, 1.82) is 0 Å². The van der Waals surface area contributed by atoms with Gasteiger partial charge in [0.25, 0.3) is 0 Å². The van der Waals surface area contributed by atoms with E-state index in [1.54, 1.807) is 7.11 Å². The van der Waals surface area contributed by atoms with E-state index in [4.69, 9.17) is 9.72 Å². The maximum atomic E-state index is 5.15. The quantitative estimate of drug-likeness (QED) is 0.787. The molecule has 20 heavy (non-hydrogen) atoms. The van der Waals surface area contributed by atoms with Gasteiger partial charge in [0.1, 0.15) is 5.82 Å². The Hall–Kier alpha value is -1.20. The molecule has 5 heteroatoms. The number of hydrogen-bond acceptors (Lipinski definition) is 5. The summed E-state index contributed by atoms with van der Waals surface area (Å²) in [6, 6.07) is 0.685. The van der Waals surface area contributed by atoms with Gasteiger partial charge in [-0.3, -0.25) is 0 Å². The summed E-state index contributed by atoms with van der Waals surface area (Å²) in [5.74, 6) is 1.27. The topological polar surface area (TPSA) is 50.3 Å². The highest BCUT2D eigenvalue weighted by Gasteiger charge is 2.21. The molecule has 1 saturated carbocycles. The number of aromatic nitrogens is 2. The zero-order chi connectivity index (χ0) is 14.5. The van der Waals surface area contributed by atoms with Crippen LogP contribution in [0.5, 0.6) is 0 Å². The first-order chi connectivity index (χ1) is 9.61. The van der Waals surface area contributed by atoms with Crippen LogP contribution in [0.15, 0.2) is 6.20 Å². The summed E-state index contributed by atoms with van der Waals surface area (Å²) in [6.45, 7) is 6.62. The van der Waals surface area contributed by atoms with Gasteiger partial charge in [-0.2, -0.15) is 0 Å². The Balaban J connectivity index is 2.13. The number of nitrogens with zero attached hydrogens (tertiary/aromatic N) is 3. The first kappa shape index (κ1) is 15.2. The Morgan fingerprint density at radius 2 is 2.20 bits per heavy atom. The van der Waals surface area contributed by atoms with Crippen LogP contribution in [-0.4, -0.2) is 43.3 Å². The lowest BCUT2D eigenvalue weighted by Gasteiger charge is -2.22. The molecule has 2 rings (SSSR count).